The van der Waals surface area contributed by atoms with Crippen LogP contribution in [-0.4, -0.2) is 27.2 Å². The van der Waals surface area contributed by atoms with E-state index in [1.54, 1.807) is 6.92 Å². The Hall–Kier alpha value is -3.64. The average molecular weight is 526 g/mol. The molecule has 0 atom stereocenters. The van der Waals surface area contributed by atoms with E-state index in [-0.39, 0.29) is 22.7 Å². The number of hydrogen-bond acceptors (Lipinski definition) is 5. The van der Waals surface area contributed by atoms with Crippen LogP contribution < -0.4 is 15.5 Å². The second-order valence-electron chi connectivity index (χ2n) is 7.79. The molecule has 192 valence electrons. The van der Waals surface area contributed by atoms with Crippen molar-refractivity contribution in [2.24, 2.45) is 0 Å². The summed E-state index contributed by atoms with van der Waals surface area (Å²) in [5.74, 6) is -5.93. The summed E-state index contributed by atoms with van der Waals surface area (Å²) in [6.45, 7) is 3.01. The van der Waals surface area contributed by atoms with Gasteiger partial charge in [0.15, 0.2) is 17.5 Å². The van der Waals surface area contributed by atoms with Crippen molar-refractivity contribution in [3.63, 3.8) is 0 Å². The Morgan fingerprint density at radius 3 is 2.31 bits per heavy atom. The first kappa shape index (κ1) is 27.0. The van der Waals surface area contributed by atoms with E-state index in [1.807, 2.05) is 5.48 Å². The molecule has 0 radical (unpaired) electrons. The molecule has 0 spiro atoms. The number of carbonyl (C=O) groups is 1. The van der Waals surface area contributed by atoms with Gasteiger partial charge in [-0.15, -0.1) is 0 Å². The molecule has 7 nitrogen and oxygen atoms in total. The predicted molar refractivity (Wildman–Crippen MR) is 128 cm³/mol. The number of aryl methyl sites for hydroxylation is 1. The number of hydroxylamine groups is 1. The third kappa shape index (κ3) is 5.94. The monoisotopic (exact) mass is 525 g/mol. The molecule has 0 saturated heterocycles. The van der Waals surface area contributed by atoms with Crippen LogP contribution in [-0.2, 0) is 21.3 Å². The fourth-order valence-corrected chi connectivity index (χ4v) is 3.99. The Kier molecular flexibility index (Phi) is 8.21. The molecule has 0 bridgehead atoms. The molecular formula is C24H23F4N3O4S. The van der Waals surface area contributed by atoms with Gasteiger partial charge in [-0.2, -0.15) is 0 Å². The quantitative estimate of drug-likeness (QED) is 0.272. The lowest BCUT2D eigenvalue weighted by Crippen LogP contribution is -2.24. The Morgan fingerprint density at radius 1 is 0.944 bits per heavy atom. The second-order valence-corrected chi connectivity index (χ2v) is 9.80. The van der Waals surface area contributed by atoms with E-state index >= 15 is 8.78 Å². The molecule has 0 fully saturated rings. The summed E-state index contributed by atoms with van der Waals surface area (Å²) in [4.78, 5) is 17.1. The van der Waals surface area contributed by atoms with Crippen LogP contribution in [0.15, 0.2) is 42.5 Å². The highest BCUT2D eigenvalue weighted by molar-refractivity contribution is 7.92. The van der Waals surface area contributed by atoms with Gasteiger partial charge in [-0.25, -0.2) is 31.5 Å². The molecule has 3 N–H and O–H groups in total. The fourth-order valence-electron chi connectivity index (χ4n) is 3.35. The highest BCUT2D eigenvalue weighted by Crippen LogP contribution is 2.32. The smallest absolute Gasteiger partial charge is 0.277 e. The van der Waals surface area contributed by atoms with Crippen molar-refractivity contribution in [3.05, 3.63) is 88.0 Å². The van der Waals surface area contributed by atoms with Crippen molar-refractivity contribution in [3.8, 4) is 0 Å². The van der Waals surface area contributed by atoms with Crippen molar-refractivity contribution in [1.29, 1.82) is 0 Å². The summed E-state index contributed by atoms with van der Waals surface area (Å²) in [5, 5.41) is 2.40. The number of rotatable bonds is 9. The molecule has 0 unspecified atom stereocenters. The van der Waals surface area contributed by atoms with E-state index < -0.39 is 62.4 Å². The number of benzene rings is 3. The van der Waals surface area contributed by atoms with Crippen LogP contribution in [0.2, 0.25) is 0 Å². The zero-order valence-electron chi connectivity index (χ0n) is 19.5. The van der Waals surface area contributed by atoms with Gasteiger partial charge in [-0.1, -0.05) is 18.2 Å². The molecule has 0 heterocycles. The molecule has 3 aromatic carbocycles. The molecule has 0 aromatic heterocycles. The number of nitrogens with one attached hydrogen (secondary N) is 3. The third-order valence-electron chi connectivity index (χ3n) is 5.21. The van der Waals surface area contributed by atoms with Crippen molar-refractivity contribution in [1.82, 2.24) is 5.48 Å². The minimum atomic E-state index is -3.80. The number of sulfonamides is 1. The Bertz CT molecular complexity index is 1410. The molecule has 0 aliphatic rings. The number of halogens is 4. The largest absolute Gasteiger partial charge is 0.350 e. The van der Waals surface area contributed by atoms with Crippen molar-refractivity contribution < 1.29 is 35.6 Å². The first-order chi connectivity index (χ1) is 17.0. The lowest BCUT2D eigenvalue weighted by molar-refractivity contribution is 0.0538. The second kappa shape index (κ2) is 11.0. The number of carbonyl (C=O) groups excluding carboxylic acids is 1. The van der Waals surface area contributed by atoms with Gasteiger partial charge in [-0.05, 0) is 54.8 Å². The van der Waals surface area contributed by atoms with Crippen LogP contribution in [0.25, 0.3) is 0 Å². The average Bonchev–Trinajstić information content (AvgIpc) is 2.82. The first-order valence-electron chi connectivity index (χ1n) is 10.6. The van der Waals surface area contributed by atoms with Gasteiger partial charge < -0.3 is 5.32 Å². The molecule has 1 amide bonds. The first-order valence-corrected chi connectivity index (χ1v) is 12.3. The lowest BCUT2D eigenvalue weighted by atomic mass is 9.99. The van der Waals surface area contributed by atoms with E-state index in [1.165, 1.54) is 43.3 Å². The Labute approximate surface area is 205 Å². The maximum absolute atomic E-state index is 15.2. The van der Waals surface area contributed by atoms with Gasteiger partial charge in [0.05, 0.1) is 35.5 Å². The zero-order valence-corrected chi connectivity index (χ0v) is 20.3. The van der Waals surface area contributed by atoms with Crippen molar-refractivity contribution in [2.45, 2.75) is 20.3 Å². The minimum Gasteiger partial charge on any atom is -0.350 e. The fraction of sp³-hybridized carbons (Fsp3) is 0.208. The zero-order chi connectivity index (χ0) is 26.6. The van der Waals surface area contributed by atoms with Gasteiger partial charge in [0.2, 0.25) is 10.0 Å². The highest BCUT2D eigenvalue weighted by Gasteiger charge is 2.25. The SMILES string of the molecule is CCS(=O)(=O)Nc1cccc(Cc2cc(C(=O)NOC)c(Nc3ccc(C)cc3F)c(F)c2F)c1F. The highest BCUT2D eigenvalue weighted by atomic mass is 32.2. The van der Waals surface area contributed by atoms with Crippen LogP contribution in [0.3, 0.4) is 0 Å². The van der Waals surface area contributed by atoms with Crippen LogP contribution >= 0.6 is 0 Å². The van der Waals surface area contributed by atoms with E-state index in [0.717, 1.165) is 13.2 Å². The number of anilines is 3. The Morgan fingerprint density at radius 2 is 1.67 bits per heavy atom. The summed E-state index contributed by atoms with van der Waals surface area (Å²) in [5.41, 5.74) is 0.353. The van der Waals surface area contributed by atoms with Crippen LogP contribution in [0, 0.1) is 30.2 Å². The van der Waals surface area contributed by atoms with Gasteiger partial charge in [-0.3, -0.25) is 14.4 Å². The van der Waals surface area contributed by atoms with Gasteiger partial charge in [0, 0.05) is 6.42 Å². The summed E-state index contributed by atoms with van der Waals surface area (Å²) in [7, 11) is -2.67. The summed E-state index contributed by atoms with van der Waals surface area (Å²) in [6.07, 6.45) is -0.525. The van der Waals surface area contributed by atoms with Gasteiger partial charge in [0.1, 0.15) is 5.82 Å². The topological polar surface area (TPSA) is 96.5 Å². The molecule has 12 heteroatoms. The standard InChI is InChI=1S/C24H23F4N3O4S/c1-4-36(33,34)31-19-7-5-6-14(20(19)26)11-15-12-16(24(32)30-35-3)23(22(28)21(15)27)29-18-9-8-13(2)10-17(18)25/h5-10,12,29,31H,4,11H2,1-3H3,(H,30,32). The van der Waals surface area contributed by atoms with E-state index in [2.05, 4.69) is 14.9 Å². The summed E-state index contributed by atoms with van der Waals surface area (Å²) in [6, 6.07) is 8.77. The molecule has 3 rings (SSSR count). The lowest BCUT2D eigenvalue weighted by Gasteiger charge is -2.17. The molecule has 0 saturated carbocycles. The summed E-state index contributed by atoms with van der Waals surface area (Å²) >= 11 is 0. The Balaban J connectivity index is 2.08. The van der Waals surface area contributed by atoms with E-state index in [9.17, 15) is 22.0 Å². The maximum atomic E-state index is 15.2. The van der Waals surface area contributed by atoms with Gasteiger partial charge in [0.25, 0.3) is 5.91 Å². The predicted octanol–water partition coefficient (Wildman–Crippen LogP) is 4.94. The molecule has 3 aromatic rings. The molecule has 0 aliphatic carbocycles. The van der Waals surface area contributed by atoms with E-state index in [0.29, 0.717) is 5.56 Å². The molecule has 0 aliphatic heterocycles. The van der Waals surface area contributed by atoms with Crippen LogP contribution in [0.4, 0.5) is 34.6 Å². The van der Waals surface area contributed by atoms with Crippen LogP contribution in [0.1, 0.15) is 34.0 Å². The molecular weight excluding hydrogens is 502 g/mol. The van der Waals surface area contributed by atoms with Gasteiger partial charge >= 0.3 is 0 Å². The maximum Gasteiger partial charge on any atom is 0.277 e. The van der Waals surface area contributed by atoms with E-state index in [4.69, 9.17) is 0 Å². The summed E-state index contributed by atoms with van der Waals surface area (Å²) < 4.78 is 85.4. The normalized spacial score (nSPS) is 11.3. The molecule has 36 heavy (non-hydrogen) atoms. The third-order valence-corrected chi connectivity index (χ3v) is 6.50. The minimum absolute atomic E-state index is 0.159. The number of hydrogen-bond donors (Lipinski definition) is 3. The van der Waals surface area contributed by atoms with Crippen molar-refractivity contribution >= 4 is 33.0 Å². The number of amides is 1. The van der Waals surface area contributed by atoms with Crippen LogP contribution in [0.5, 0.6) is 0 Å². The van der Waals surface area contributed by atoms with Crippen molar-refractivity contribution in [2.75, 3.05) is 22.9 Å².